The highest BCUT2D eigenvalue weighted by molar-refractivity contribution is 5.17. The van der Waals surface area contributed by atoms with Crippen LogP contribution in [-0.4, -0.2) is 11.5 Å². The first-order valence-electron chi connectivity index (χ1n) is 6.19. The van der Waals surface area contributed by atoms with E-state index >= 15 is 0 Å². The molecule has 94 valence electrons. The van der Waals surface area contributed by atoms with Gasteiger partial charge in [-0.2, -0.15) is 0 Å². The number of furan rings is 1. The van der Waals surface area contributed by atoms with Gasteiger partial charge in [0, 0.05) is 0 Å². The lowest BCUT2D eigenvalue weighted by atomic mass is 10.0. The van der Waals surface area contributed by atoms with E-state index in [1.54, 1.807) is 6.07 Å². The third-order valence-electron chi connectivity index (χ3n) is 3.33. The number of nitro groups is 1. The van der Waals surface area contributed by atoms with Gasteiger partial charge >= 0.3 is 5.88 Å². The molecular weight excluding hydrogens is 220 g/mol. The number of hydrogen-bond donors (Lipinski definition) is 1. The summed E-state index contributed by atoms with van der Waals surface area (Å²) in [6.07, 6.45) is 6.65. The van der Waals surface area contributed by atoms with Gasteiger partial charge in [0.25, 0.3) is 0 Å². The van der Waals surface area contributed by atoms with Crippen molar-refractivity contribution < 1.29 is 9.34 Å². The molecule has 1 heterocycles. The quantitative estimate of drug-likeness (QED) is 0.470. The van der Waals surface area contributed by atoms with Crippen LogP contribution >= 0.6 is 0 Å². The first-order valence-corrected chi connectivity index (χ1v) is 6.19. The standard InChI is InChI=1S/C12H18N2O3/c15-14(16)12-6-5-11(17-12)9-13-8-7-10-3-1-2-4-10/h5-6,10,13H,1-4,7-9H2. The molecule has 0 radical (unpaired) electrons. The molecule has 0 saturated heterocycles. The van der Waals surface area contributed by atoms with E-state index < -0.39 is 4.92 Å². The molecule has 1 aromatic heterocycles. The summed E-state index contributed by atoms with van der Waals surface area (Å²) in [5.74, 6) is 1.31. The normalized spacial score (nSPS) is 16.5. The predicted molar refractivity (Wildman–Crippen MR) is 63.6 cm³/mol. The molecule has 1 aliphatic rings. The Morgan fingerprint density at radius 3 is 2.82 bits per heavy atom. The zero-order chi connectivity index (χ0) is 12.1. The van der Waals surface area contributed by atoms with Crippen LogP contribution in [0.4, 0.5) is 5.88 Å². The Morgan fingerprint density at radius 1 is 1.41 bits per heavy atom. The molecule has 0 aromatic carbocycles. The van der Waals surface area contributed by atoms with Crippen molar-refractivity contribution in [2.75, 3.05) is 6.54 Å². The molecule has 1 aromatic rings. The number of nitrogens with one attached hydrogen (secondary N) is 1. The average molecular weight is 238 g/mol. The van der Waals surface area contributed by atoms with Gasteiger partial charge in [-0.05, 0) is 24.9 Å². The van der Waals surface area contributed by atoms with Crippen molar-refractivity contribution in [3.63, 3.8) is 0 Å². The zero-order valence-electron chi connectivity index (χ0n) is 9.85. The SMILES string of the molecule is O=[N+]([O-])c1ccc(CNCCC2CCCC2)o1. The van der Waals surface area contributed by atoms with Crippen LogP contribution < -0.4 is 5.32 Å². The van der Waals surface area contributed by atoms with Gasteiger partial charge in [-0.3, -0.25) is 10.1 Å². The molecule has 1 fully saturated rings. The summed E-state index contributed by atoms with van der Waals surface area (Å²) in [5.41, 5.74) is 0. The van der Waals surface area contributed by atoms with E-state index in [1.165, 1.54) is 38.2 Å². The van der Waals surface area contributed by atoms with Crippen molar-refractivity contribution in [3.8, 4) is 0 Å². The Labute approximate surface area is 100 Å². The lowest BCUT2D eigenvalue weighted by Gasteiger charge is -2.08. The molecule has 0 amide bonds. The van der Waals surface area contributed by atoms with E-state index in [-0.39, 0.29) is 5.88 Å². The number of hydrogen-bond acceptors (Lipinski definition) is 4. The first-order chi connectivity index (χ1) is 8.25. The molecule has 0 atom stereocenters. The summed E-state index contributed by atoms with van der Waals surface area (Å²) < 4.78 is 5.06. The minimum atomic E-state index is -0.512. The van der Waals surface area contributed by atoms with Gasteiger partial charge in [-0.15, -0.1) is 0 Å². The van der Waals surface area contributed by atoms with E-state index in [2.05, 4.69) is 5.32 Å². The molecule has 17 heavy (non-hydrogen) atoms. The summed E-state index contributed by atoms with van der Waals surface area (Å²) >= 11 is 0. The molecule has 1 N–H and O–H groups in total. The van der Waals surface area contributed by atoms with Crippen LogP contribution in [0.25, 0.3) is 0 Å². The van der Waals surface area contributed by atoms with Crippen molar-refractivity contribution in [2.45, 2.75) is 38.6 Å². The molecule has 0 bridgehead atoms. The van der Waals surface area contributed by atoms with Gasteiger partial charge < -0.3 is 9.73 Å². The van der Waals surface area contributed by atoms with E-state index in [1.807, 2.05) is 0 Å². The summed E-state index contributed by atoms with van der Waals surface area (Å²) in [4.78, 5) is 9.90. The fourth-order valence-corrected chi connectivity index (χ4v) is 2.38. The van der Waals surface area contributed by atoms with Crippen LogP contribution in [0, 0.1) is 16.0 Å². The van der Waals surface area contributed by atoms with Crippen molar-refractivity contribution in [1.29, 1.82) is 0 Å². The molecule has 5 heteroatoms. The van der Waals surface area contributed by atoms with Crippen LogP contribution in [0.5, 0.6) is 0 Å². The van der Waals surface area contributed by atoms with Gasteiger partial charge in [0.05, 0.1) is 12.6 Å². The van der Waals surface area contributed by atoms with Crippen LogP contribution in [-0.2, 0) is 6.54 Å². The van der Waals surface area contributed by atoms with E-state index in [4.69, 9.17) is 4.42 Å². The lowest BCUT2D eigenvalue weighted by molar-refractivity contribution is -0.402. The molecular formula is C12H18N2O3. The van der Waals surface area contributed by atoms with Gasteiger partial charge in [0.15, 0.2) is 0 Å². The van der Waals surface area contributed by atoms with Crippen molar-refractivity contribution in [1.82, 2.24) is 5.32 Å². The second-order valence-electron chi connectivity index (χ2n) is 4.61. The lowest BCUT2D eigenvalue weighted by Crippen LogP contribution is -2.16. The maximum absolute atomic E-state index is 10.4. The second-order valence-corrected chi connectivity index (χ2v) is 4.61. The molecule has 0 aliphatic heterocycles. The van der Waals surface area contributed by atoms with Crippen molar-refractivity contribution >= 4 is 5.88 Å². The number of rotatable bonds is 6. The fourth-order valence-electron chi connectivity index (χ4n) is 2.38. The third kappa shape index (κ3) is 3.56. The van der Waals surface area contributed by atoms with E-state index in [0.717, 1.165) is 12.5 Å². The highest BCUT2D eigenvalue weighted by atomic mass is 16.6. The highest BCUT2D eigenvalue weighted by Gasteiger charge is 2.14. The molecule has 0 unspecified atom stereocenters. The van der Waals surface area contributed by atoms with Crippen LogP contribution in [0.1, 0.15) is 37.9 Å². The van der Waals surface area contributed by atoms with Gasteiger partial charge in [0.1, 0.15) is 10.7 Å². The Kier molecular flexibility index (Phi) is 4.14. The molecule has 1 aliphatic carbocycles. The Hall–Kier alpha value is -1.36. The fraction of sp³-hybridized carbons (Fsp3) is 0.667. The van der Waals surface area contributed by atoms with Gasteiger partial charge in [0.2, 0.25) is 0 Å². The molecule has 1 saturated carbocycles. The monoisotopic (exact) mass is 238 g/mol. The maximum atomic E-state index is 10.4. The smallest absolute Gasteiger partial charge is 0.404 e. The van der Waals surface area contributed by atoms with Crippen LogP contribution in [0.3, 0.4) is 0 Å². The average Bonchev–Trinajstić information content (AvgIpc) is 2.96. The summed E-state index contributed by atoms with van der Waals surface area (Å²) in [6, 6.07) is 3.05. The van der Waals surface area contributed by atoms with Crippen LogP contribution in [0.2, 0.25) is 0 Å². The minimum Gasteiger partial charge on any atom is -0.404 e. The Morgan fingerprint density at radius 2 is 2.18 bits per heavy atom. The second kappa shape index (κ2) is 5.82. The predicted octanol–water partition coefficient (Wildman–Crippen LogP) is 2.86. The summed E-state index contributed by atoms with van der Waals surface area (Å²) in [6.45, 7) is 1.53. The molecule has 5 nitrogen and oxygen atoms in total. The topological polar surface area (TPSA) is 68.3 Å². The van der Waals surface area contributed by atoms with Crippen LogP contribution in [0.15, 0.2) is 16.5 Å². The Balaban J connectivity index is 1.65. The van der Waals surface area contributed by atoms with Crippen molar-refractivity contribution in [3.05, 3.63) is 28.0 Å². The van der Waals surface area contributed by atoms with Crippen molar-refractivity contribution in [2.24, 2.45) is 5.92 Å². The number of nitrogens with zero attached hydrogens (tertiary/aromatic N) is 1. The first kappa shape index (κ1) is 12.1. The maximum Gasteiger partial charge on any atom is 0.433 e. The van der Waals surface area contributed by atoms with Gasteiger partial charge in [-0.25, -0.2) is 0 Å². The minimum absolute atomic E-state index is 0.183. The van der Waals surface area contributed by atoms with E-state index in [9.17, 15) is 10.1 Å². The van der Waals surface area contributed by atoms with Gasteiger partial charge in [-0.1, -0.05) is 25.7 Å². The molecule has 0 spiro atoms. The highest BCUT2D eigenvalue weighted by Crippen LogP contribution is 2.26. The molecule has 2 rings (SSSR count). The van der Waals surface area contributed by atoms with E-state index in [0.29, 0.717) is 12.3 Å². The third-order valence-corrected chi connectivity index (χ3v) is 3.33. The Bertz CT molecular complexity index is 370. The summed E-state index contributed by atoms with van der Waals surface area (Å²) in [7, 11) is 0. The zero-order valence-corrected chi connectivity index (χ0v) is 9.85. The largest absolute Gasteiger partial charge is 0.433 e. The summed E-state index contributed by atoms with van der Waals surface area (Å²) in [5, 5.41) is 13.7.